The van der Waals surface area contributed by atoms with Crippen LogP contribution in [0.2, 0.25) is 0 Å². The highest BCUT2D eigenvalue weighted by Gasteiger charge is 2.18. The van der Waals surface area contributed by atoms with Gasteiger partial charge in [0.25, 0.3) is 0 Å². The van der Waals surface area contributed by atoms with Crippen molar-refractivity contribution in [3.63, 3.8) is 0 Å². The summed E-state index contributed by atoms with van der Waals surface area (Å²) in [6.07, 6.45) is 3.57. The first kappa shape index (κ1) is 16.7. The Hall–Kier alpha value is -2.77. The van der Waals surface area contributed by atoms with E-state index in [4.69, 9.17) is 9.72 Å². The molecule has 0 amide bonds. The minimum Gasteiger partial charge on any atom is -0.377 e. The standard InChI is InChI=1S/C19H19N5OS/c1-12(17-20-8-9-21-17)22-18-16-14(13-6-4-3-5-7-13)11-26-19(16)24-15(23-18)10-25-2/h3-9,11-12H,10H2,1-2H3,(H,20,21)(H,22,23,24)/t12-/m1/s1. The van der Waals surface area contributed by atoms with Gasteiger partial charge in [-0.2, -0.15) is 0 Å². The molecule has 132 valence electrons. The molecule has 0 aliphatic carbocycles. The number of benzene rings is 1. The van der Waals surface area contributed by atoms with Gasteiger partial charge in [-0.3, -0.25) is 0 Å². The predicted molar refractivity (Wildman–Crippen MR) is 104 cm³/mol. The van der Waals surface area contributed by atoms with Crippen molar-refractivity contribution < 1.29 is 4.74 Å². The molecule has 4 rings (SSSR count). The number of ether oxygens (including phenoxy) is 1. The zero-order valence-corrected chi connectivity index (χ0v) is 15.4. The van der Waals surface area contributed by atoms with Gasteiger partial charge in [-0.05, 0) is 12.5 Å². The number of rotatable bonds is 6. The van der Waals surface area contributed by atoms with E-state index in [-0.39, 0.29) is 6.04 Å². The molecule has 3 aromatic heterocycles. The number of methoxy groups -OCH3 is 1. The molecular weight excluding hydrogens is 346 g/mol. The molecule has 3 heterocycles. The van der Waals surface area contributed by atoms with Gasteiger partial charge in [0.05, 0.1) is 11.4 Å². The summed E-state index contributed by atoms with van der Waals surface area (Å²) in [6.45, 7) is 2.43. The average Bonchev–Trinajstić information content (AvgIpc) is 3.33. The number of anilines is 1. The first-order valence-electron chi connectivity index (χ1n) is 8.34. The summed E-state index contributed by atoms with van der Waals surface area (Å²) in [5, 5.41) is 6.65. The van der Waals surface area contributed by atoms with E-state index < -0.39 is 0 Å². The van der Waals surface area contributed by atoms with E-state index in [1.807, 2.05) is 24.4 Å². The number of aromatic amines is 1. The van der Waals surface area contributed by atoms with E-state index in [2.05, 4.69) is 44.7 Å². The van der Waals surface area contributed by atoms with Crippen LogP contribution in [-0.4, -0.2) is 27.0 Å². The maximum absolute atomic E-state index is 5.23. The number of hydrogen-bond donors (Lipinski definition) is 2. The molecule has 1 aromatic carbocycles. The Morgan fingerprint density at radius 3 is 2.81 bits per heavy atom. The number of aromatic nitrogens is 4. The fourth-order valence-electron chi connectivity index (χ4n) is 2.90. The lowest BCUT2D eigenvalue weighted by Gasteiger charge is -2.15. The minimum atomic E-state index is -0.0120. The van der Waals surface area contributed by atoms with Crippen LogP contribution in [0.3, 0.4) is 0 Å². The Labute approximate surface area is 155 Å². The van der Waals surface area contributed by atoms with Gasteiger partial charge in [0.15, 0.2) is 5.82 Å². The van der Waals surface area contributed by atoms with Crippen LogP contribution in [0.4, 0.5) is 5.82 Å². The van der Waals surface area contributed by atoms with Crippen LogP contribution >= 0.6 is 11.3 Å². The van der Waals surface area contributed by atoms with Crippen LogP contribution in [0.25, 0.3) is 21.3 Å². The number of nitrogens with zero attached hydrogens (tertiary/aromatic N) is 3. The Morgan fingerprint density at radius 1 is 1.23 bits per heavy atom. The van der Waals surface area contributed by atoms with E-state index in [0.29, 0.717) is 12.4 Å². The zero-order chi connectivity index (χ0) is 17.9. The summed E-state index contributed by atoms with van der Waals surface area (Å²) < 4.78 is 5.23. The smallest absolute Gasteiger partial charge is 0.158 e. The largest absolute Gasteiger partial charge is 0.377 e. The lowest BCUT2D eigenvalue weighted by atomic mass is 10.1. The Bertz CT molecular complexity index is 998. The van der Waals surface area contributed by atoms with Crippen molar-refractivity contribution >= 4 is 27.4 Å². The van der Waals surface area contributed by atoms with Gasteiger partial charge in [-0.15, -0.1) is 11.3 Å². The number of H-pyrrole nitrogens is 1. The Kier molecular flexibility index (Phi) is 4.64. The minimum absolute atomic E-state index is 0.0120. The Balaban J connectivity index is 1.83. The van der Waals surface area contributed by atoms with E-state index in [1.54, 1.807) is 24.6 Å². The summed E-state index contributed by atoms with van der Waals surface area (Å²) in [6, 6.07) is 10.3. The summed E-state index contributed by atoms with van der Waals surface area (Å²) in [5.41, 5.74) is 2.28. The van der Waals surface area contributed by atoms with Gasteiger partial charge in [-0.25, -0.2) is 15.0 Å². The van der Waals surface area contributed by atoms with Crippen LogP contribution in [-0.2, 0) is 11.3 Å². The maximum atomic E-state index is 5.23. The van der Waals surface area contributed by atoms with Gasteiger partial charge in [-0.1, -0.05) is 30.3 Å². The molecular formula is C19H19N5OS. The molecule has 0 spiro atoms. The molecule has 0 aliphatic heterocycles. The van der Waals surface area contributed by atoms with Crippen molar-refractivity contribution in [3.05, 3.63) is 59.8 Å². The van der Waals surface area contributed by atoms with Crippen molar-refractivity contribution in [2.24, 2.45) is 0 Å². The number of thiophene rings is 1. The van der Waals surface area contributed by atoms with Crippen LogP contribution in [0.15, 0.2) is 48.1 Å². The highest BCUT2D eigenvalue weighted by molar-refractivity contribution is 7.17. The molecule has 0 bridgehead atoms. The monoisotopic (exact) mass is 365 g/mol. The molecule has 0 fully saturated rings. The van der Waals surface area contributed by atoms with Gasteiger partial charge in [0, 0.05) is 30.4 Å². The maximum Gasteiger partial charge on any atom is 0.158 e. The van der Waals surface area contributed by atoms with E-state index in [9.17, 15) is 0 Å². The second kappa shape index (κ2) is 7.23. The number of fused-ring (bicyclic) bond motifs is 1. The van der Waals surface area contributed by atoms with Gasteiger partial charge in [0.2, 0.25) is 0 Å². The second-order valence-corrected chi connectivity index (χ2v) is 6.82. The molecule has 7 heteroatoms. The van der Waals surface area contributed by atoms with Crippen molar-refractivity contribution in [1.82, 2.24) is 19.9 Å². The summed E-state index contributed by atoms with van der Waals surface area (Å²) >= 11 is 1.62. The molecule has 6 nitrogen and oxygen atoms in total. The molecule has 0 saturated heterocycles. The highest BCUT2D eigenvalue weighted by Crippen LogP contribution is 2.37. The predicted octanol–water partition coefficient (Wildman–Crippen LogP) is 4.40. The molecule has 0 radical (unpaired) electrons. The molecule has 26 heavy (non-hydrogen) atoms. The van der Waals surface area contributed by atoms with Gasteiger partial charge >= 0.3 is 0 Å². The van der Waals surface area contributed by atoms with E-state index in [1.165, 1.54) is 0 Å². The highest BCUT2D eigenvalue weighted by atomic mass is 32.1. The molecule has 0 saturated carbocycles. The molecule has 0 aliphatic rings. The van der Waals surface area contributed by atoms with Crippen LogP contribution < -0.4 is 5.32 Å². The topological polar surface area (TPSA) is 75.7 Å². The van der Waals surface area contributed by atoms with Crippen molar-refractivity contribution in [1.29, 1.82) is 0 Å². The Morgan fingerprint density at radius 2 is 2.08 bits per heavy atom. The SMILES string of the molecule is COCc1nc(N[C@H](C)c2ncc[nH]2)c2c(-c3ccccc3)csc2n1. The van der Waals surface area contributed by atoms with Crippen molar-refractivity contribution in [2.75, 3.05) is 12.4 Å². The number of nitrogens with one attached hydrogen (secondary N) is 2. The third-order valence-corrected chi connectivity index (χ3v) is 4.99. The van der Waals surface area contributed by atoms with E-state index in [0.717, 1.165) is 33.0 Å². The van der Waals surface area contributed by atoms with Crippen LogP contribution in [0.1, 0.15) is 24.6 Å². The zero-order valence-electron chi connectivity index (χ0n) is 14.6. The fourth-order valence-corrected chi connectivity index (χ4v) is 3.87. The third-order valence-electron chi connectivity index (χ3n) is 4.12. The number of imidazole rings is 1. The number of hydrogen-bond acceptors (Lipinski definition) is 6. The summed E-state index contributed by atoms with van der Waals surface area (Å²) in [5.74, 6) is 2.32. The van der Waals surface area contributed by atoms with Crippen molar-refractivity contribution in [2.45, 2.75) is 19.6 Å². The van der Waals surface area contributed by atoms with Gasteiger partial charge in [0.1, 0.15) is 23.1 Å². The van der Waals surface area contributed by atoms with Crippen molar-refractivity contribution in [3.8, 4) is 11.1 Å². The normalized spacial score (nSPS) is 12.4. The van der Waals surface area contributed by atoms with E-state index >= 15 is 0 Å². The average molecular weight is 365 g/mol. The summed E-state index contributed by atoms with van der Waals surface area (Å²) in [4.78, 5) is 17.8. The van der Waals surface area contributed by atoms with Gasteiger partial charge < -0.3 is 15.0 Å². The van der Waals surface area contributed by atoms with Crippen LogP contribution in [0.5, 0.6) is 0 Å². The lowest BCUT2D eigenvalue weighted by molar-refractivity contribution is 0.178. The fraction of sp³-hybridized carbons (Fsp3) is 0.211. The summed E-state index contributed by atoms with van der Waals surface area (Å²) in [7, 11) is 1.65. The quantitative estimate of drug-likeness (QED) is 0.530. The second-order valence-electron chi connectivity index (χ2n) is 5.96. The lowest BCUT2D eigenvalue weighted by Crippen LogP contribution is -2.11. The molecule has 0 unspecified atom stereocenters. The third kappa shape index (κ3) is 3.18. The molecule has 2 N–H and O–H groups in total. The molecule has 1 atom stereocenters. The first-order valence-corrected chi connectivity index (χ1v) is 9.22. The first-order chi connectivity index (χ1) is 12.8. The molecule has 4 aromatic rings. The van der Waals surface area contributed by atoms with Crippen LogP contribution in [0, 0.1) is 0 Å².